The molecule has 3 rings (SSSR count). The van der Waals surface area contributed by atoms with E-state index in [0.717, 1.165) is 11.1 Å². The summed E-state index contributed by atoms with van der Waals surface area (Å²) in [5.74, 6) is 0. The molecular formula is C15H12BrClN2O4S2. The van der Waals surface area contributed by atoms with Gasteiger partial charge in [0.25, 0.3) is 19.1 Å². The summed E-state index contributed by atoms with van der Waals surface area (Å²) >= 11 is 3.34. The van der Waals surface area contributed by atoms with E-state index in [1.807, 2.05) is 6.92 Å². The van der Waals surface area contributed by atoms with Gasteiger partial charge in [-0.25, -0.2) is 25.8 Å². The molecule has 0 spiro atoms. The summed E-state index contributed by atoms with van der Waals surface area (Å²) in [6.45, 7) is 3.58. The summed E-state index contributed by atoms with van der Waals surface area (Å²) < 4.78 is 51.3. The van der Waals surface area contributed by atoms with E-state index in [-0.39, 0.29) is 10.5 Å². The molecule has 0 atom stereocenters. The van der Waals surface area contributed by atoms with Crippen LogP contribution in [-0.4, -0.2) is 25.8 Å². The van der Waals surface area contributed by atoms with Crippen molar-refractivity contribution in [3.05, 3.63) is 52.1 Å². The number of aryl methyl sites for hydroxylation is 2. The zero-order chi connectivity index (χ0) is 18.6. The molecule has 132 valence electrons. The minimum Gasteiger partial charge on any atom is -0.237 e. The number of hydrogen-bond acceptors (Lipinski definition) is 5. The van der Waals surface area contributed by atoms with Gasteiger partial charge in [0.2, 0.25) is 0 Å². The van der Waals surface area contributed by atoms with E-state index in [1.54, 1.807) is 19.1 Å². The molecule has 0 aliphatic heterocycles. The van der Waals surface area contributed by atoms with Gasteiger partial charge < -0.3 is 0 Å². The van der Waals surface area contributed by atoms with Crippen molar-refractivity contribution in [1.29, 1.82) is 0 Å². The van der Waals surface area contributed by atoms with E-state index < -0.39 is 24.1 Å². The van der Waals surface area contributed by atoms with E-state index >= 15 is 0 Å². The Hall–Kier alpha value is -1.42. The van der Waals surface area contributed by atoms with Gasteiger partial charge in [-0.2, -0.15) is 0 Å². The third-order valence-corrected chi connectivity index (χ3v) is 7.83. The minimum atomic E-state index is -4.33. The highest BCUT2D eigenvalue weighted by Crippen LogP contribution is 2.34. The Kier molecular flexibility index (Phi) is 4.47. The van der Waals surface area contributed by atoms with Gasteiger partial charge in [-0.3, -0.25) is 0 Å². The smallest absolute Gasteiger partial charge is 0.237 e. The maximum absolute atomic E-state index is 13.1. The van der Waals surface area contributed by atoms with Crippen LogP contribution >= 0.6 is 26.6 Å². The van der Waals surface area contributed by atoms with E-state index in [2.05, 4.69) is 20.9 Å². The molecule has 0 bridgehead atoms. The molecule has 25 heavy (non-hydrogen) atoms. The Bertz CT molecular complexity index is 1200. The number of nitrogens with zero attached hydrogens (tertiary/aromatic N) is 2. The van der Waals surface area contributed by atoms with Crippen LogP contribution in [0.5, 0.6) is 0 Å². The van der Waals surface area contributed by atoms with Crippen molar-refractivity contribution in [3.63, 3.8) is 0 Å². The topological polar surface area (TPSA) is 86.1 Å². The van der Waals surface area contributed by atoms with Gasteiger partial charge >= 0.3 is 0 Å². The lowest BCUT2D eigenvalue weighted by Gasteiger charge is -2.10. The van der Waals surface area contributed by atoms with Gasteiger partial charge in [0.15, 0.2) is 10.7 Å². The number of fused-ring (bicyclic) bond motifs is 1. The number of hydrogen-bond donors (Lipinski definition) is 0. The van der Waals surface area contributed by atoms with Gasteiger partial charge in [-0.1, -0.05) is 17.7 Å². The molecule has 2 aromatic heterocycles. The predicted octanol–water partition coefficient (Wildman–Crippen LogP) is 3.58. The van der Waals surface area contributed by atoms with Crippen molar-refractivity contribution in [2.24, 2.45) is 0 Å². The monoisotopic (exact) mass is 462 g/mol. The summed E-state index contributed by atoms with van der Waals surface area (Å²) in [6, 6.07) is 7.27. The Morgan fingerprint density at radius 2 is 1.68 bits per heavy atom. The molecule has 0 aliphatic rings. The second kappa shape index (κ2) is 6.08. The fourth-order valence-corrected chi connectivity index (χ4v) is 5.73. The average molecular weight is 464 g/mol. The molecule has 0 aliphatic carbocycles. The second-order valence-corrected chi connectivity index (χ2v) is 10.6. The van der Waals surface area contributed by atoms with E-state index in [4.69, 9.17) is 10.7 Å². The molecule has 6 nitrogen and oxygen atoms in total. The van der Waals surface area contributed by atoms with E-state index in [0.29, 0.717) is 13.8 Å². The molecule has 0 amide bonds. The lowest BCUT2D eigenvalue weighted by Crippen LogP contribution is -2.17. The summed E-state index contributed by atoms with van der Waals surface area (Å²) in [5.41, 5.74) is 1.59. The van der Waals surface area contributed by atoms with Gasteiger partial charge in [0.05, 0.1) is 4.90 Å². The fraction of sp³-hybridized carbons (Fsp3) is 0.133. The van der Waals surface area contributed by atoms with Gasteiger partial charge in [0, 0.05) is 26.7 Å². The number of aromatic nitrogens is 2. The Morgan fingerprint density at radius 1 is 1.08 bits per heavy atom. The molecule has 3 aromatic rings. The lowest BCUT2D eigenvalue weighted by atomic mass is 10.2. The van der Waals surface area contributed by atoms with Crippen LogP contribution in [0.3, 0.4) is 0 Å². The van der Waals surface area contributed by atoms with Crippen LogP contribution in [0.2, 0.25) is 0 Å². The van der Waals surface area contributed by atoms with E-state index in [9.17, 15) is 16.8 Å². The SMILES string of the molecule is Cc1ccc(S(=O)(=O)n2c(S(=O)(=O)Cl)cc3c(Br)c(C)cnc32)cc1. The third kappa shape index (κ3) is 3.10. The van der Waals surface area contributed by atoms with Crippen molar-refractivity contribution in [1.82, 2.24) is 8.96 Å². The fourth-order valence-electron chi connectivity index (χ4n) is 2.39. The quantitative estimate of drug-likeness (QED) is 0.554. The zero-order valence-electron chi connectivity index (χ0n) is 13.1. The summed E-state index contributed by atoms with van der Waals surface area (Å²) in [7, 11) is -3.05. The summed E-state index contributed by atoms with van der Waals surface area (Å²) in [6.07, 6.45) is 1.46. The third-order valence-electron chi connectivity index (χ3n) is 3.67. The van der Waals surface area contributed by atoms with Crippen LogP contribution < -0.4 is 0 Å². The standard InChI is InChI=1S/C15H12BrClN2O4S2/c1-9-3-5-11(6-4-9)25(22,23)19-13(24(17,20)21)7-12-14(16)10(2)8-18-15(12)19/h3-8H,1-2H3. The normalized spacial score (nSPS) is 12.6. The number of halogens is 2. The summed E-state index contributed by atoms with van der Waals surface area (Å²) in [4.78, 5) is 4.06. The highest BCUT2D eigenvalue weighted by Gasteiger charge is 2.30. The van der Waals surface area contributed by atoms with Crippen LogP contribution in [0.1, 0.15) is 11.1 Å². The molecule has 1 aromatic carbocycles. The Balaban J connectivity index is 2.46. The molecule has 0 radical (unpaired) electrons. The molecule has 0 N–H and O–H groups in total. The molecule has 10 heteroatoms. The van der Waals surface area contributed by atoms with Crippen molar-refractivity contribution >= 4 is 56.7 Å². The largest absolute Gasteiger partial charge is 0.277 e. The van der Waals surface area contributed by atoms with Gasteiger partial charge in [-0.15, -0.1) is 0 Å². The Labute approximate surface area is 158 Å². The molecular weight excluding hydrogens is 452 g/mol. The van der Waals surface area contributed by atoms with Gasteiger partial charge in [0.1, 0.15) is 0 Å². The van der Waals surface area contributed by atoms with Crippen LogP contribution in [0, 0.1) is 13.8 Å². The molecule has 0 saturated carbocycles. The highest BCUT2D eigenvalue weighted by atomic mass is 79.9. The summed E-state index contributed by atoms with van der Waals surface area (Å²) in [5, 5.41) is -0.210. The first-order chi connectivity index (χ1) is 11.5. The van der Waals surface area contributed by atoms with Crippen molar-refractivity contribution in [2.45, 2.75) is 23.8 Å². The van der Waals surface area contributed by atoms with Crippen LogP contribution in [0.25, 0.3) is 11.0 Å². The minimum absolute atomic E-state index is 0.0164. The van der Waals surface area contributed by atoms with E-state index in [1.165, 1.54) is 24.4 Å². The molecule has 0 fully saturated rings. The first-order valence-corrected chi connectivity index (χ1v) is 11.5. The Morgan fingerprint density at radius 3 is 2.24 bits per heavy atom. The van der Waals surface area contributed by atoms with Crippen molar-refractivity contribution in [2.75, 3.05) is 0 Å². The first kappa shape index (κ1) is 18.4. The van der Waals surface area contributed by atoms with Gasteiger partial charge in [-0.05, 0) is 53.5 Å². The zero-order valence-corrected chi connectivity index (χ0v) is 17.0. The number of pyridine rings is 1. The first-order valence-electron chi connectivity index (χ1n) is 6.97. The molecule has 0 saturated heterocycles. The predicted molar refractivity (Wildman–Crippen MR) is 99.0 cm³/mol. The van der Waals surface area contributed by atoms with Crippen LogP contribution in [0.15, 0.2) is 50.9 Å². The maximum Gasteiger partial charge on any atom is 0.277 e. The number of benzene rings is 1. The second-order valence-electron chi connectivity index (χ2n) is 5.50. The maximum atomic E-state index is 13.1. The highest BCUT2D eigenvalue weighted by molar-refractivity contribution is 9.10. The average Bonchev–Trinajstić information content (AvgIpc) is 2.92. The molecule has 0 unspecified atom stereocenters. The lowest BCUT2D eigenvalue weighted by molar-refractivity contribution is 0.578. The number of rotatable bonds is 3. The van der Waals surface area contributed by atoms with Crippen molar-refractivity contribution in [3.8, 4) is 0 Å². The van der Waals surface area contributed by atoms with Crippen molar-refractivity contribution < 1.29 is 16.8 Å². The van der Waals surface area contributed by atoms with Crippen LogP contribution in [0.4, 0.5) is 0 Å². The molecule has 2 heterocycles. The van der Waals surface area contributed by atoms with Crippen LogP contribution in [-0.2, 0) is 19.1 Å².